The number of nitrogens with zero attached hydrogens (tertiary/aromatic N) is 1. The highest BCUT2D eigenvalue weighted by Crippen LogP contribution is 2.41. The molecule has 0 saturated heterocycles. The highest BCUT2D eigenvalue weighted by Gasteiger charge is 2.32. The van der Waals surface area contributed by atoms with Gasteiger partial charge in [-0.25, -0.2) is 4.79 Å². The van der Waals surface area contributed by atoms with E-state index in [1.54, 1.807) is 11.8 Å². The van der Waals surface area contributed by atoms with Crippen LogP contribution in [0.1, 0.15) is 26.3 Å². The van der Waals surface area contributed by atoms with Gasteiger partial charge in [0.2, 0.25) is 0 Å². The summed E-state index contributed by atoms with van der Waals surface area (Å²) in [7, 11) is 0. The third-order valence-electron chi connectivity index (χ3n) is 3.28. The molecule has 1 aliphatic heterocycles. The Labute approximate surface area is 122 Å². The summed E-state index contributed by atoms with van der Waals surface area (Å²) in [6, 6.07) is 5.68. The van der Waals surface area contributed by atoms with Crippen molar-refractivity contribution >= 4 is 29.5 Å². The van der Waals surface area contributed by atoms with Crippen LogP contribution < -0.4 is 0 Å². The van der Waals surface area contributed by atoms with E-state index >= 15 is 0 Å². The van der Waals surface area contributed by atoms with Gasteiger partial charge in [0.25, 0.3) is 0 Å². The summed E-state index contributed by atoms with van der Waals surface area (Å²) >= 11 is 7.78. The zero-order valence-electron chi connectivity index (χ0n) is 11.3. The molecule has 1 aliphatic rings. The number of hydrogen-bond donors (Lipinski definition) is 1. The van der Waals surface area contributed by atoms with Gasteiger partial charge in [-0.15, -0.1) is 11.8 Å². The molecular weight excluding hydrogens is 282 g/mol. The van der Waals surface area contributed by atoms with E-state index in [1.165, 1.54) is 4.90 Å². The van der Waals surface area contributed by atoms with Crippen LogP contribution in [-0.2, 0) is 6.54 Å². The Balaban J connectivity index is 2.41. The normalized spacial score (nSPS) is 19.8. The Kier molecular flexibility index (Phi) is 4.02. The molecule has 1 unspecified atom stereocenters. The number of amides is 1. The molecule has 1 aromatic rings. The second-order valence-corrected chi connectivity index (χ2v) is 7.57. The third-order valence-corrected chi connectivity index (χ3v) is 5.29. The lowest BCUT2D eigenvalue weighted by Crippen LogP contribution is -2.38. The molecular formula is C14H18ClNO2S. The van der Waals surface area contributed by atoms with Crippen LogP contribution in [0.2, 0.25) is 5.02 Å². The largest absolute Gasteiger partial charge is 0.465 e. The van der Waals surface area contributed by atoms with Crippen molar-refractivity contribution in [3.63, 3.8) is 0 Å². The molecule has 5 heteroatoms. The molecule has 1 atom stereocenters. The lowest BCUT2D eigenvalue weighted by Gasteiger charge is -2.31. The van der Waals surface area contributed by atoms with Crippen LogP contribution in [0.4, 0.5) is 4.79 Å². The molecule has 1 N–H and O–H groups in total. The van der Waals surface area contributed by atoms with Gasteiger partial charge in [0.1, 0.15) is 0 Å². The quantitative estimate of drug-likeness (QED) is 0.774. The van der Waals surface area contributed by atoms with Crippen molar-refractivity contribution in [3.8, 4) is 0 Å². The lowest BCUT2D eigenvalue weighted by molar-refractivity contribution is 0.137. The first-order valence-corrected chi connectivity index (χ1v) is 7.46. The first kappa shape index (κ1) is 14.5. The van der Waals surface area contributed by atoms with Gasteiger partial charge in [-0.2, -0.15) is 0 Å². The average Bonchev–Trinajstić information content (AvgIpc) is 2.47. The van der Waals surface area contributed by atoms with Gasteiger partial charge in [-0.1, -0.05) is 38.4 Å². The molecule has 1 amide bonds. The van der Waals surface area contributed by atoms with Crippen molar-refractivity contribution in [2.24, 2.45) is 5.41 Å². The fourth-order valence-electron chi connectivity index (χ4n) is 2.03. The van der Waals surface area contributed by atoms with Gasteiger partial charge in [-0.05, 0) is 23.1 Å². The number of hydrogen-bond acceptors (Lipinski definition) is 2. The maximum atomic E-state index is 11.3. The third kappa shape index (κ3) is 3.37. The van der Waals surface area contributed by atoms with Gasteiger partial charge in [0.15, 0.2) is 0 Å². The van der Waals surface area contributed by atoms with Crippen LogP contribution >= 0.6 is 23.4 Å². The molecule has 104 valence electrons. The smallest absolute Gasteiger partial charge is 0.407 e. The van der Waals surface area contributed by atoms with Crippen LogP contribution in [0.25, 0.3) is 0 Å². The van der Waals surface area contributed by atoms with E-state index in [1.807, 2.05) is 18.2 Å². The summed E-state index contributed by atoms with van der Waals surface area (Å²) in [6.07, 6.45) is -0.863. The topological polar surface area (TPSA) is 40.5 Å². The molecule has 0 spiro atoms. The maximum Gasteiger partial charge on any atom is 0.407 e. The first-order valence-electron chi connectivity index (χ1n) is 6.20. The Morgan fingerprint density at radius 2 is 2.16 bits per heavy atom. The molecule has 0 radical (unpaired) electrons. The summed E-state index contributed by atoms with van der Waals surface area (Å²) < 4.78 is 0. The van der Waals surface area contributed by atoms with Crippen LogP contribution in [-0.4, -0.2) is 27.9 Å². The minimum Gasteiger partial charge on any atom is -0.465 e. The van der Waals surface area contributed by atoms with Crippen molar-refractivity contribution in [3.05, 3.63) is 28.8 Å². The van der Waals surface area contributed by atoms with E-state index in [9.17, 15) is 9.90 Å². The number of rotatable bonds is 0. The zero-order valence-corrected chi connectivity index (χ0v) is 12.9. The number of carbonyl (C=O) groups is 1. The molecule has 0 saturated carbocycles. The fourth-order valence-corrected chi connectivity index (χ4v) is 3.66. The summed E-state index contributed by atoms with van der Waals surface area (Å²) in [6.45, 7) is 7.39. The molecule has 1 heterocycles. The summed E-state index contributed by atoms with van der Waals surface area (Å²) in [4.78, 5) is 13.9. The van der Waals surface area contributed by atoms with Crippen molar-refractivity contribution in [2.75, 3.05) is 6.54 Å². The molecule has 0 aromatic heterocycles. The fraction of sp³-hybridized carbons (Fsp3) is 0.500. The van der Waals surface area contributed by atoms with Crippen LogP contribution in [0.15, 0.2) is 23.1 Å². The van der Waals surface area contributed by atoms with Gasteiger partial charge in [-0.3, -0.25) is 0 Å². The number of halogens is 1. The van der Waals surface area contributed by atoms with E-state index in [0.717, 1.165) is 10.5 Å². The highest BCUT2D eigenvalue weighted by molar-refractivity contribution is 8.00. The Hall–Kier alpha value is -0.870. The summed E-state index contributed by atoms with van der Waals surface area (Å²) in [5, 5.41) is 10.2. The second-order valence-electron chi connectivity index (χ2n) is 5.89. The van der Waals surface area contributed by atoms with Gasteiger partial charge < -0.3 is 10.0 Å². The standard InChI is InChI=1S/C14H18ClNO2S/c1-14(2,3)12-8-16(13(17)18)7-9-4-5-10(15)6-11(9)19-12/h4-6,12H,7-8H2,1-3H3,(H,17,18). The van der Waals surface area contributed by atoms with Crippen molar-refractivity contribution < 1.29 is 9.90 Å². The second kappa shape index (κ2) is 5.25. The zero-order chi connectivity index (χ0) is 14.2. The maximum absolute atomic E-state index is 11.3. The monoisotopic (exact) mass is 299 g/mol. The molecule has 0 aliphatic carbocycles. The lowest BCUT2D eigenvalue weighted by atomic mass is 9.91. The van der Waals surface area contributed by atoms with E-state index in [4.69, 9.17) is 11.6 Å². The van der Waals surface area contributed by atoms with Gasteiger partial charge in [0.05, 0.1) is 6.54 Å². The van der Waals surface area contributed by atoms with Crippen molar-refractivity contribution in [2.45, 2.75) is 37.5 Å². The predicted octanol–water partition coefficient (Wildman–Crippen LogP) is 4.34. The van der Waals surface area contributed by atoms with E-state index < -0.39 is 6.09 Å². The van der Waals surface area contributed by atoms with Gasteiger partial charge >= 0.3 is 6.09 Å². The highest BCUT2D eigenvalue weighted by atomic mass is 35.5. The Bertz CT molecular complexity index is 499. The molecule has 19 heavy (non-hydrogen) atoms. The van der Waals surface area contributed by atoms with E-state index in [0.29, 0.717) is 18.1 Å². The Morgan fingerprint density at radius 1 is 1.47 bits per heavy atom. The average molecular weight is 300 g/mol. The number of benzene rings is 1. The summed E-state index contributed by atoms with van der Waals surface area (Å²) in [5.41, 5.74) is 1.06. The first-order chi connectivity index (χ1) is 8.77. The summed E-state index contributed by atoms with van der Waals surface area (Å²) in [5.74, 6) is 0. The molecule has 0 bridgehead atoms. The molecule has 1 aromatic carbocycles. The Morgan fingerprint density at radius 3 is 2.74 bits per heavy atom. The predicted molar refractivity (Wildman–Crippen MR) is 79.0 cm³/mol. The number of thioether (sulfide) groups is 1. The number of fused-ring (bicyclic) bond motifs is 1. The van der Waals surface area contributed by atoms with Crippen LogP contribution in [0.3, 0.4) is 0 Å². The molecule has 2 rings (SSSR count). The van der Waals surface area contributed by atoms with Crippen molar-refractivity contribution in [1.29, 1.82) is 0 Å². The van der Waals surface area contributed by atoms with Crippen molar-refractivity contribution in [1.82, 2.24) is 4.90 Å². The van der Waals surface area contributed by atoms with E-state index in [-0.39, 0.29) is 10.7 Å². The van der Waals surface area contributed by atoms with Gasteiger partial charge in [0, 0.05) is 21.7 Å². The SMILES string of the molecule is CC(C)(C)C1CN(C(=O)O)Cc2ccc(Cl)cc2S1. The molecule has 0 fully saturated rings. The van der Waals surface area contributed by atoms with Crippen LogP contribution in [0.5, 0.6) is 0 Å². The minimum absolute atomic E-state index is 0.0301. The minimum atomic E-state index is -0.863. The molecule has 3 nitrogen and oxygen atoms in total. The van der Waals surface area contributed by atoms with E-state index in [2.05, 4.69) is 20.8 Å². The number of carboxylic acid groups (broad SMARTS) is 1. The van der Waals surface area contributed by atoms with Crippen LogP contribution in [0, 0.1) is 5.41 Å².